The molecule has 0 atom stereocenters. The van der Waals surface area contributed by atoms with Crippen LogP contribution in [-0.4, -0.2) is 19.3 Å². The van der Waals surface area contributed by atoms with Crippen molar-refractivity contribution in [2.24, 2.45) is 0 Å². The summed E-state index contributed by atoms with van der Waals surface area (Å²) in [4.78, 5) is 4.25. The molecule has 0 radical (unpaired) electrons. The van der Waals surface area contributed by atoms with E-state index in [0.717, 1.165) is 6.07 Å². The maximum atomic E-state index is 14.0. The van der Waals surface area contributed by atoms with Gasteiger partial charge >= 0.3 is 0 Å². The van der Waals surface area contributed by atoms with Crippen LogP contribution < -0.4 is 0 Å². The van der Waals surface area contributed by atoms with E-state index in [0.29, 0.717) is 30.9 Å². The molecular weight excluding hydrogens is 298 g/mol. The van der Waals surface area contributed by atoms with Crippen LogP contribution in [0.15, 0.2) is 30.6 Å². The number of nitrogens with zero attached hydrogens (tertiary/aromatic N) is 4. The predicted molar refractivity (Wildman–Crippen MR) is 76.1 cm³/mol. The maximum Gasteiger partial charge on any atom is 0.184 e. The van der Waals surface area contributed by atoms with Crippen LogP contribution in [0.3, 0.4) is 0 Å². The number of benzene rings is 1. The molecule has 110 valence electrons. The number of aromatic nitrogens is 4. The zero-order valence-corrected chi connectivity index (χ0v) is 11.9. The van der Waals surface area contributed by atoms with Crippen LogP contribution in [0.1, 0.15) is 12.2 Å². The van der Waals surface area contributed by atoms with Crippen molar-refractivity contribution < 1.29 is 8.78 Å². The fraction of sp³-hybridized carbons (Fsp3) is 0.286. The smallest absolute Gasteiger partial charge is 0.184 e. The zero-order chi connectivity index (χ0) is 14.8. The topological polar surface area (TPSA) is 35.6 Å². The Kier molecular flexibility index (Phi) is 3.88. The van der Waals surface area contributed by atoms with Gasteiger partial charge in [0.2, 0.25) is 0 Å². The molecule has 1 aromatic carbocycles. The van der Waals surface area contributed by atoms with Crippen molar-refractivity contribution >= 4 is 22.6 Å². The molecule has 2 heterocycles. The molecular formula is C14H13ClF2N4. The Bertz CT molecular complexity index is 752. The lowest BCUT2D eigenvalue weighted by atomic mass is 10.3. The number of hydrogen-bond donors (Lipinski definition) is 0. The van der Waals surface area contributed by atoms with Gasteiger partial charge in [0, 0.05) is 25.5 Å². The lowest BCUT2D eigenvalue weighted by Crippen LogP contribution is -2.08. The van der Waals surface area contributed by atoms with Gasteiger partial charge in [0.1, 0.15) is 11.3 Å². The molecule has 2 aromatic heterocycles. The number of fused-ring (bicyclic) bond motifs is 1. The summed E-state index contributed by atoms with van der Waals surface area (Å²) in [6, 6.07) is 4.39. The van der Waals surface area contributed by atoms with Crippen molar-refractivity contribution in [2.75, 3.05) is 0 Å². The third-order valence-electron chi connectivity index (χ3n) is 3.33. The molecule has 0 unspecified atom stereocenters. The lowest BCUT2D eigenvalue weighted by Gasteiger charge is -2.08. The van der Waals surface area contributed by atoms with Crippen LogP contribution in [-0.2, 0) is 19.0 Å². The minimum atomic E-state index is -0.879. The molecule has 4 nitrogen and oxygen atoms in total. The highest BCUT2D eigenvalue weighted by atomic mass is 35.5. The van der Waals surface area contributed by atoms with Gasteiger partial charge in [0.15, 0.2) is 11.6 Å². The molecule has 0 saturated heterocycles. The van der Waals surface area contributed by atoms with Crippen LogP contribution in [0.5, 0.6) is 0 Å². The van der Waals surface area contributed by atoms with Crippen molar-refractivity contribution in [1.29, 1.82) is 0 Å². The summed E-state index contributed by atoms with van der Waals surface area (Å²) in [7, 11) is 0. The van der Waals surface area contributed by atoms with Crippen LogP contribution in [0.4, 0.5) is 8.78 Å². The van der Waals surface area contributed by atoms with Crippen LogP contribution in [0.2, 0.25) is 0 Å². The molecule has 21 heavy (non-hydrogen) atoms. The van der Waals surface area contributed by atoms with E-state index in [9.17, 15) is 8.78 Å². The molecule has 0 amide bonds. The van der Waals surface area contributed by atoms with E-state index in [1.54, 1.807) is 15.4 Å². The zero-order valence-electron chi connectivity index (χ0n) is 11.1. The van der Waals surface area contributed by atoms with Gasteiger partial charge in [-0.2, -0.15) is 5.10 Å². The Morgan fingerprint density at radius 2 is 2.05 bits per heavy atom. The molecule has 3 aromatic rings. The van der Waals surface area contributed by atoms with Crippen LogP contribution in [0, 0.1) is 11.6 Å². The molecule has 0 N–H and O–H groups in total. The molecule has 0 aliphatic carbocycles. The summed E-state index contributed by atoms with van der Waals surface area (Å²) >= 11 is 5.86. The van der Waals surface area contributed by atoms with Gasteiger partial charge in [0.05, 0.1) is 11.4 Å². The molecule has 0 aliphatic rings. The second kappa shape index (κ2) is 5.81. The second-order valence-electron chi connectivity index (χ2n) is 4.67. The van der Waals surface area contributed by atoms with Gasteiger partial charge in [-0.1, -0.05) is 0 Å². The Morgan fingerprint density at radius 1 is 1.19 bits per heavy atom. The first-order valence-corrected chi connectivity index (χ1v) is 7.10. The van der Waals surface area contributed by atoms with Crippen molar-refractivity contribution in [2.45, 2.75) is 25.4 Å². The van der Waals surface area contributed by atoms with Crippen LogP contribution in [0.25, 0.3) is 11.0 Å². The molecule has 3 rings (SSSR count). The highest BCUT2D eigenvalue weighted by Crippen LogP contribution is 2.23. The number of aryl methyl sites for hydroxylation is 2. The first-order chi connectivity index (χ1) is 10.2. The van der Waals surface area contributed by atoms with Gasteiger partial charge in [-0.05, 0) is 24.6 Å². The number of hydrogen-bond acceptors (Lipinski definition) is 2. The molecule has 7 heteroatoms. The van der Waals surface area contributed by atoms with Gasteiger partial charge in [0.25, 0.3) is 0 Å². The van der Waals surface area contributed by atoms with E-state index >= 15 is 0 Å². The third-order valence-corrected chi connectivity index (χ3v) is 3.57. The van der Waals surface area contributed by atoms with Crippen molar-refractivity contribution in [3.8, 4) is 0 Å². The number of alkyl halides is 1. The monoisotopic (exact) mass is 310 g/mol. The third kappa shape index (κ3) is 2.63. The Balaban J connectivity index is 1.90. The van der Waals surface area contributed by atoms with E-state index in [1.807, 2.05) is 12.3 Å². The summed E-state index contributed by atoms with van der Waals surface area (Å²) in [6.07, 6.45) is 4.27. The highest BCUT2D eigenvalue weighted by Gasteiger charge is 2.16. The lowest BCUT2D eigenvalue weighted by molar-refractivity contribution is 0.499. The largest absolute Gasteiger partial charge is 0.324 e. The van der Waals surface area contributed by atoms with Gasteiger partial charge in [-0.3, -0.25) is 4.68 Å². The summed E-state index contributed by atoms with van der Waals surface area (Å²) in [5.41, 5.74) is 0.592. The Hall–Kier alpha value is -1.95. The summed E-state index contributed by atoms with van der Waals surface area (Å²) < 4.78 is 30.9. The Labute approximate surface area is 125 Å². The summed E-state index contributed by atoms with van der Waals surface area (Å²) in [5.74, 6) is -1.07. The molecule has 0 spiro atoms. The van der Waals surface area contributed by atoms with E-state index in [2.05, 4.69) is 10.1 Å². The number of imidazole rings is 1. The fourth-order valence-corrected chi connectivity index (χ4v) is 2.58. The SMILES string of the molecule is Fc1ccc2nc(CCl)n(CCCn3cccn3)c2c1F. The average molecular weight is 311 g/mol. The van der Waals surface area contributed by atoms with Gasteiger partial charge in [-0.25, -0.2) is 13.8 Å². The highest BCUT2D eigenvalue weighted by molar-refractivity contribution is 6.16. The van der Waals surface area contributed by atoms with Gasteiger partial charge < -0.3 is 4.57 Å². The summed E-state index contributed by atoms with van der Waals surface area (Å²) in [6.45, 7) is 1.18. The molecule has 0 bridgehead atoms. The van der Waals surface area contributed by atoms with Gasteiger partial charge in [-0.15, -0.1) is 11.6 Å². The normalized spacial score (nSPS) is 11.4. The molecule has 0 saturated carbocycles. The first kappa shape index (κ1) is 14.0. The minimum Gasteiger partial charge on any atom is -0.324 e. The minimum absolute atomic E-state index is 0.150. The average Bonchev–Trinajstić information content (AvgIpc) is 3.11. The summed E-state index contributed by atoms with van der Waals surface area (Å²) in [5, 5.41) is 4.10. The Morgan fingerprint density at radius 3 is 2.76 bits per heavy atom. The number of rotatable bonds is 5. The van der Waals surface area contributed by atoms with Crippen molar-refractivity contribution in [3.63, 3.8) is 0 Å². The van der Waals surface area contributed by atoms with E-state index in [4.69, 9.17) is 11.6 Å². The molecule has 0 fully saturated rings. The predicted octanol–water partition coefficient (Wildman–Crippen LogP) is 3.34. The van der Waals surface area contributed by atoms with Crippen LogP contribution >= 0.6 is 11.6 Å². The quantitative estimate of drug-likeness (QED) is 0.678. The number of halogens is 3. The first-order valence-electron chi connectivity index (χ1n) is 6.57. The van der Waals surface area contributed by atoms with E-state index < -0.39 is 11.6 Å². The van der Waals surface area contributed by atoms with E-state index in [-0.39, 0.29) is 11.4 Å². The molecule has 0 aliphatic heterocycles. The van der Waals surface area contributed by atoms with Crippen molar-refractivity contribution in [1.82, 2.24) is 19.3 Å². The van der Waals surface area contributed by atoms with Crippen molar-refractivity contribution in [3.05, 3.63) is 48.1 Å². The maximum absolute atomic E-state index is 14.0. The standard InChI is InChI=1S/C14H13ClF2N4/c15-9-12-19-11-4-3-10(16)13(17)14(11)21(12)8-2-7-20-6-1-5-18-20/h1,3-6H,2,7-9H2. The fourth-order valence-electron chi connectivity index (χ4n) is 2.37. The second-order valence-corrected chi connectivity index (χ2v) is 4.93. The van der Waals surface area contributed by atoms with E-state index in [1.165, 1.54) is 6.07 Å².